The van der Waals surface area contributed by atoms with Gasteiger partial charge in [-0.2, -0.15) is 0 Å². The molecule has 1 amide bonds. The van der Waals surface area contributed by atoms with Gasteiger partial charge in [-0.3, -0.25) is 4.79 Å². The highest BCUT2D eigenvalue weighted by Gasteiger charge is 2.14. The quantitative estimate of drug-likeness (QED) is 0.323. The summed E-state index contributed by atoms with van der Waals surface area (Å²) in [5, 5.41) is 12.0. The summed E-state index contributed by atoms with van der Waals surface area (Å²) < 4.78 is 7.04. The molecule has 1 heterocycles. The van der Waals surface area contributed by atoms with E-state index >= 15 is 0 Å². The lowest BCUT2D eigenvalue weighted by Gasteiger charge is -2.11. The number of ether oxygens (including phenoxy) is 1. The van der Waals surface area contributed by atoms with Gasteiger partial charge in [0, 0.05) is 18.6 Å². The summed E-state index contributed by atoms with van der Waals surface area (Å²) in [4.78, 5) is 13.5. The van der Waals surface area contributed by atoms with E-state index in [1.165, 1.54) is 11.8 Å². The Kier molecular flexibility index (Phi) is 9.44. The van der Waals surface area contributed by atoms with Crippen molar-refractivity contribution in [3.63, 3.8) is 0 Å². The largest absolute Gasteiger partial charge is 0.377 e. The van der Waals surface area contributed by atoms with Gasteiger partial charge in [0.2, 0.25) is 5.91 Å². The highest BCUT2D eigenvalue weighted by Crippen LogP contribution is 2.28. The summed E-state index contributed by atoms with van der Waals surface area (Å²) in [6, 6.07) is 7.91. The number of anilines is 1. The Morgan fingerprint density at radius 1 is 1.33 bits per heavy atom. The minimum Gasteiger partial charge on any atom is -0.377 e. The molecule has 0 aliphatic heterocycles. The van der Waals surface area contributed by atoms with Crippen LogP contribution in [0.25, 0.3) is 0 Å². The molecule has 0 aliphatic rings. The van der Waals surface area contributed by atoms with Crippen molar-refractivity contribution in [3.05, 3.63) is 42.7 Å². The summed E-state index contributed by atoms with van der Waals surface area (Å²) in [6.07, 6.45) is 4.09. The van der Waals surface area contributed by atoms with Crippen LogP contribution in [0.1, 0.15) is 25.6 Å². The van der Waals surface area contributed by atoms with E-state index in [4.69, 9.17) is 4.74 Å². The van der Waals surface area contributed by atoms with Crippen molar-refractivity contribution in [2.45, 2.75) is 43.0 Å². The fourth-order valence-electron chi connectivity index (χ4n) is 2.31. The number of para-hydroxylation sites is 1. The highest BCUT2D eigenvalue weighted by atomic mass is 32.2. The number of thioether (sulfide) groups is 2. The molecule has 0 aliphatic carbocycles. The maximum absolute atomic E-state index is 12.4. The van der Waals surface area contributed by atoms with Gasteiger partial charge in [0.15, 0.2) is 11.0 Å². The molecule has 8 heteroatoms. The maximum atomic E-state index is 12.4. The van der Waals surface area contributed by atoms with Gasteiger partial charge in [0.05, 0.1) is 11.4 Å². The third kappa shape index (κ3) is 6.71. The number of aromatic nitrogens is 3. The van der Waals surface area contributed by atoms with Crippen molar-refractivity contribution in [3.8, 4) is 0 Å². The molecule has 0 fully saturated rings. The predicted octanol–water partition coefficient (Wildman–Crippen LogP) is 4.23. The fourth-order valence-corrected chi connectivity index (χ4v) is 4.18. The zero-order chi connectivity index (χ0) is 19.5. The maximum Gasteiger partial charge on any atom is 0.234 e. The Bertz CT molecular complexity index is 749. The van der Waals surface area contributed by atoms with Crippen molar-refractivity contribution < 1.29 is 9.53 Å². The molecular weight excluding hydrogens is 380 g/mol. The van der Waals surface area contributed by atoms with E-state index in [0.29, 0.717) is 18.3 Å². The second-order valence-electron chi connectivity index (χ2n) is 5.77. The van der Waals surface area contributed by atoms with Gasteiger partial charge in [-0.1, -0.05) is 43.3 Å². The number of benzene rings is 1. The fraction of sp³-hybridized carbons (Fsp3) is 0.421. The van der Waals surface area contributed by atoms with Crippen molar-refractivity contribution >= 4 is 35.1 Å². The molecule has 0 saturated carbocycles. The molecular formula is C19H26N4O2S2. The lowest BCUT2D eigenvalue weighted by molar-refractivity contribution is -0.113. The topological polar surface area (TPSA) is 69.0 Å². The Labute approximate surface area is 169 Å². The molecule has 0 bridgehead atoms. The van der Waals surface area contributed by atoms with Crippen molar-refractivity contribution in [1.29, 1.82) is 0 Å². The smallest absolute Gasteiger partial charge is 0.234 e. The number of unbranched alkanes of at least 4 members (excludes halogenated alkanes) is 1. The lowest BCUT2D eigenvalue weighted by Crippen LogP contribution is -2.15. The first-order valence-corrected chi connectivity index (χ1v) is 10.8. The summed E-state index contributed by atoms with van der Waals surface area (Å²) in [6.45, 7) is 6.88. The second-order valence-corrected chi connectivity index (χ2v) is 7.85. The summed E-state index contributed by atoms with van der Waals surface area (Å²) in [5.41, 5.74) is 0.858. The monoisotopic (exact) mass is 406 g/mol. The van der Waals surface area contributed by atoms with Crippen LogP contribution >= 0.6 is 23.5 Å². The second kappa shape index (κ2) is 11.8. The summed E-state index contributed by atoms with van der Waals surface area (Å²) in [5.74, 6) is 1.96. The average molecular weight is 407 g/mol. The molecule has 2 rings (SSSR count). The predicted molar refractivity (Wildman–Crippen MR) is 112 cm³/mol. The number of rotatable bonds is 12. The highest BCUT2D eigenvalue weighted by molar-refractivity contribution is 8.00. The van der Waals surface area contributed by atoms with Crippen LogP contribution in [0.4, 0.5) is 5.69 Å². The Morgan fingerprint density at radius 2 is 2.15 bits per heavy atom. The molecule has 1 aromatic carbocycles. The third-order valence-electron chi connectivity index (χ3n) is 3.63. The normalized spacial score (nSPS) is 10.7. The van der Waals surface area contributed by atoms with Gasteiger partial charge in [0.25, 0.3) is 0 Å². The Balaban J connectivity index is 1.96. The van der Waals surface area contributed by atoms with Gasteiger partial charge < -0.3 is 14.6 Å². The number of hydrogen-bond donors (Lipinski definition) is 1. The average Bonchev–Trinajstić information content (AvgIpc) is 3.04. The van der Waals surface area contributed by atoms with Gasteiger partial charge >= 0.3 is 0 Å². The minimum atomic E-state index is -0.0648. The van der Waals surface area contributed by atoms with Gasteiger partial charge in [-0.15, -0.1) is 28.5 Å². The first kappa shape index (κ1) is 21.5. The molecule has 6 nitrogen and oxygen atoms in total. The van der Waals surface area contributed by atoms with E-state index in [-0.39, 0.29) is 11.7 Å². The van der Waals surface area contributed by atoms with Crippen LogP contribution in [0.5, 0.6) is 0 Å². The first-order chi connectivity index (χ1) is 13.2. The SMILES string of the molecule is C=CCn1c(COC)nnc1SCC(=O)Nc1ccccc1SCCCC. The summed E-state index contributed by atoms with van der Waals surface area (Å²) >= 11 is 3.13. The van der Waals surface area contributed by atoms with Crippen LogP contribution in [-0.2, 0) is 22.7 Å². The standard InChI is InChI=1S/C19H26N4O2S2/c1-4-6-12-26-16-10-8-7-9-15(16)20-18(24)14-27-19-22-21-17(13-25-3)23(19)11-5-2/h5,7-10H,2,4,6,11-14H2,1,3H3,(H,20,24). The number of nitrogens with zero attached hydrogens (tertiary/aromatic N) is 3. The van der Waals surface area contributed by atoms with Gasteiger partial charge in [0.1, 0.15) is 6.61 Å². The molecule has 0 radical (unpaired) electrons. The van der Waals surface area contributed by atoms with Gasteiger partial charge in [-0.05, 0) is 24.3 Å². The van der Waals surface area contributed by atoms with Crippen LogP contribution in [-0.4, -0.2) is 39.3 Å². The molecule has 0 atom stereocenters. The lowest BCUT2D eigenvalue weighted by atomic mass is 10.3. The number of methoxy groups -OCH3 is 1. The number of nitrogens with one attached hydrogen (secondary N) is 1. The van der Waals surface area contributed by atoms with E-state index in [1.807, 2.05) is 28.8 Å². The zero-order valence-electron chi connectivity index (χ0n) is 15.8. The van der Waals surface area contributed by atoms with Crippen LogP contribution in [0.15, 0.2) is 47.0 Å². The van der Waals surface area contributed by atoms with Gasteiger partial charge in [-0.25, -0.2) is 0 Å². The number of amides is 1. The van der Waals surface area contributed by atoms with Crippen LogP contribution in [0.3, 0.4) is 0 Å². The molecule has 0 saturated heterocycles. The zero-order valence-corrected chi connectivity index (χ0v) is 17.4. The molecule has 1 N–H and O–H groups in total. The van der Waals surface area contributed by atoms with Crippen molar-refractivity contribution in [2.75, 3.05) is 23.9 Å². The van der Waals surface area contributed by atoms with E-state index in [0.717, 1.165) is 35.0 Å². The third-order valence-corrected chi connectivity index (χ3v) is 5.75. The molecule has 2 aromatic rings. The first-order valence-electron chi connectivity index (χ1n) is 8.86. The van der Waals surface area contributed by atoms with E-state index in [2.05, 4.69) is 29.0 Å². The van der Waals surface area contributed by atoms with E-state index in [9.17, 15) is 4.79 Å². The minimum absolute atomic E-state index is 0.0648. The number of hydrogen-bond acceptors (Lipinski definition) is 6. The van der Waals surface area contributed by atoms with Crippen molar-refractivity contribution in [2.24, 2.45) is 0 Å². The molecule has 27 heavy (non-hydrogen) atoms. The molecule has 1 aromatic heterocycles. The molecule has 0 spiro atoms. The number of carbonyl (C=O) groups excluding carboxylic acids is 1. The Hall–Kier alpha value is -1.77. The van der Waals surface area contributed by atoms with Crippen LogP contribution in [0.2, 0.25) is 0 Å². The summed E-state index contributed by atoms with van der Waals surface area (Å²) in [7, 11) is 1.61. The molecule has 0 unspecified atom stereocenters. The molecule has 146 valence electrons. The van der Waals surface area contributed by atoms with E-state index < -0.39 is 0 Å². The van der Waals surface area contributed by atoms with Crippen molar-refractivity contribution in [1.82, 2.24) is 14.8 Å². The number of allylic oxidation sites excluding steroid dienone is 1. The van der Waals surface area contributed by atoms with E-state index in [1.54, 1.807) is 24.9 Å². The van der Waals surface area contributed by atoms with Crippen LogP contribution < -0.4 is 5.32 Å². The van der Waals surface area contributed by atoms with Crippen LogP contribution in [0, 0.1) is 0 Å². The number of carbonyl (C=O) groups is 1. The Morgan fingerprint density at radius 3 is 2.89 bits per heavy atom.